The van der Waals surface area contributed by atoms with Crippen LogP contribution in [-0.2, 0) is 10.0 Å². The Hall–Kier alpha value is -3.12. The van der Waals surface area contributed by atoms with Crippen molar-refractivity contribution in [1.29, 1.82) is 0 Å². The standard InChI is InChI=1S/C24H26N2O3S/c1-16-10-13-20(14-11-16)30(28,29)26-23-8-6-5-7-21(23)24(27)25-19(4)22-15-17(2)9-12-18(22)3/h5-15,19,26H,1-4H3,(H,25,27). The molecule has 0 fully saturated rings. The van der Waals surface area contributed by atoms with Crippen LogP contribution in [0.2, 0.25) is 0 Å². The SMILES string of the molecule is Cc1ccc(S(=O)(=O)Nc2ccccc2C(=O)NC(C)c2cc(C)ccc2C)cc1. The summed E-state index contributed by atoms with van der Waals surface area (Å²) in [4.78, 5) is 13.1. The van der Waals surface area contributed by atoms with Gasteiger partial charge in [-0.05, 0) is 63.1 Å². The highest BCUT2D eigenvalue weighted by Crippen LogP contribution is 2.23. The van der Waals surface area contributed by atoms with Gasteiger partial charge >= 0.3 is 0 Å². The van der Waals surface area contributed by atoms with E-state index in [9.17, 15) is 13.2 Å². The number of carbonyl (C=O) groups is 1. The number of hydrogen-bond acceptors (Lipinski definition) is 3. The molecule has 1 unspecified atom stereocenters. The van der Waals surface area contributed by atoms with Crippen LogP contribution < -0.4 is 10.0 Å². The van der Waals surface area contributed by atoms with Crippen LogP contribution >= 0.6 is 0 Å². The average molecular weight is 423 g/mol. The molecular weight excluding hydrogens is 396 g/mol. The van der Waals surface area contributed by atoms with Crippen molar-refractivity contribution in [2.45, 2.75) is 38.6 Å². The molecule has 1 atom stereocenters. The van der Waals surface area contributed by atoms with E-state index in [1.54, 1.807) is 48.5 Å². The minimum atomic E-state index is -3.81. The van der Waals surface area contributed by atoms with Gasteiger partial charge in [0, 0.05) is 0 Å². The lowest BCUT2D eigenvalue weighted by Crippen LogP contribution is -2.28. The molecule has 0 aromatic heterocycles. The third-order valence-electron chi connectivity index (χ3n) is 5.00. The molecule has 0 aliphatic rings. The first-order chi connectivity index (χ1) is 14.2. The van der Waals surface area contributed by atoms with E-state index in [-0.39, 0.29) is 28.1 Å². The molecule has 0 saturated heterocycles. The van der Waals surface area contributed by atoms with Gasteiger partial charge in [-0.1, -0.05) is 53.6 Å². The molecular formula is C24H26N2O3S. The molecule has 5 nitrogen and oxygen atoms in total. The zero-order valence-electron chi connectivity index (χ0n) is 17.6. The summed E-state index contributed by atoms with van der Waals surface area (Å²) >= 11 is 0. The number of anilines is 1. The van der Waals surface area contributed by atoms with Gasteiger partial charge in [-0.25, -0.2) is 8.42 Å². The molecule has 0 aliphatic carbocycles. The third kappa shape index (κ3) is 4.89. The number of hydrogen-bond donors (Lipinski definition) is 2. The lowest BCUT2D eigenvalue weighted by molar-refractivity contribution is 0.0940. The molecule has 0 spiro atoms. The van der Waals surface area contributed by atoms with Crippen molar-refractivity contribution in [3.8, 4) is 0 Å². The van der Waals surface area contributed by atoms with E-state index < -0.39 is 10.0 Å². The molecule has 0 saturated carbocycles. The van der Waals surface area contributed by atoms with Gasteiger partial charge in [0.05, 0.1) is 22.2 Å². The largest absolute Gasteiger partial charge is 0.345 e. The first kappa shape index (κ1) is 21.6. The number of amides is 1. The Morgan fingerprint density at radius 1 is 0.867 bits per heavy atom. The lowest BCUT2D eigenvalue weighted by Gasteiger charge is -2.19. The summed E-state index contributed by atoms with van der Waals surface area (Å²) in [6.45, 7) is 7.81. The topological polar surface area (TPSA) is 75.3 Å². The van der Waals surface area contributed by atoms with Crippen molar-refractivity contribution in [2.75, 3.05) is 4.72 Å². The van der Waals surface area contributed by atoms with Crippen molar-refractivity contribution in [3.05, 3.63) is 94.5 Å². The maximum Gasteiger partial charge on any atom is 0.261 e. The number of para-hydroxylation sites is 1. The number of nitrogens with one attached hydrogen (secondary N) is 2. The average Bonchev–Trinajstić information content (AvgIpc) is 2.70. The molecule has 0 radical (unpaired) electrons. The van der Waals surface area contributed by atoms with Gasteiger partial charge < -0.3 is 5.32 Å². The normalized spacial score (nSPS) is 12.3. The second kappa shape index (κ2) is 8.71. The second-order valence-electron chi connectivity index (χ2n) is 7.52. The summed E-state index contributed by atoms with van der Waals surface area (Å²) in [5.74, 6) is -0.342. The highest BCUT2D eigenvalue weighted by Gasteiger charge is 2.20. The van der Waals surface area contributed by atoms with Crippen LogP contribution in [0.5, 0.6) is 0 Å². The lowest BCUT2D eigenvalue weighted by atomic mass is 9.99. The molecule has 0 heterocycles. The van der Waals surface area contributed by atoms with Crippen molar-refractivity contribution in [3.63, 3.8) is 0 Å². The van der Waals surface area contributed by atoms with E-state index in [2.05, 4.69) is 10.0 Å². The molecule has 1 amide bonds. The summed E-state index contributed by atoms with van der Waals surface area (Å²) in [5.41, 5.74) is 4.70. The molecule has 156 valence electrons. The van der Waals surface area contributed by atoms with Gasteiger partial charge in [-0.15, -0.1) is 0 Å². The van der Waals surface area contributed by atoms with Crippen LogP contribution in [0.15, 0.2) is 71.6 Å². The fourth-order valence-corrected chi connectivity index (χ4v) is 4.35. The highest BCUT2D eigenvalue weighted by atomic mass is 32.2. The van der Waals surface area contributed by atoms with E-state index >= 15 is 0 Å². The van der Waals surface area contributed by atoms with Crippen molar-refractivity contribution >= 4 is 21.6 Å². The monoisotopic (exact) mass is 422 g/mol. The van der Waals surface area contributed by atoms with Gasteiger partial charge in [0.25, 0.3) is 15.9 Å². The molecule has 3 rings (SSSR count). The summed E-state index contributed by atoms with van der Waals surface area (Å²) in [7, 11) is -3.81. The van der Waals surface area contributed by atoms with Crippen LogP contribution in [0.25, 0.3) is 0 Å². The maximum atomic E-state index is 13.0. The third-order valence-corrected chi connectivity index (χ3v) is 6.38. The van der Waals surface area contributed by atoms with Gasteiger partial charge in [0.1, 0.15) is 0 Å². The number of sulfonamides is 1. The van der Waals surface area contributed by atoms with Crippen molar-refractivity contribution < 1.29 is 13.2 Å². The summed E-state index contributed by atoms with van der Waals surface area (Å²) in [6.07, 6.45) is 0. The van der Waals surface area contributed by atoms with Crippen LogP contribution in [0.1, 0.15) is 45.6 Å². The van der Waals surface area contributed by atoms with Crippen LogP contribution in [0, 0.1) is 20.8 Å². The van der Waals surface area contributed by atoms with Crippen LogP contribution in [0.3, 0.4) is 0 Å². The molecule has 30 heavy (non-hydrogen) atoms. The van der Waals surface area contributed by atoms with E-state index in [1.165, 1.54) is 0 Å². The minimum absolute atomic E-state index is 0.145. The highest BCUT2D eigenvalue weighted by molar-refractivity contribution is 7.92. The Labute approximate surface area is 178 Å². The fraction of sp³-hybridized carbons (Fsp3) is 0.208. The van der Waals surface area contributed by atoms with Crippen molar-refractivity contribution in [2.24, 2.45) is 0 Å². The molecule has 6 heteroatoms. The number of aryl methyl sites for hydroxylation is 3. The van der Waals surface area contributed by atoms with Gasteiger partial charge in [-0.3, -0.25) is 9.52 Å². The van der Waals surface area contributed by atoms with Gasteiger partial charge in [-0.2, -0.15) is 0 Å². The predicted molar refractivity (Wildman–Crippen MR) is 120 cm³/mol. The minimum Gasteiger partial charge on any atom is -0.345 e. The molecule has 0 aliphatic heterocycles. The molecule has 2 N–H and O–H groups in total. The number of benzene rings is 3. The first-order valence-electron chi connectivity index (χ1n) is 9.74. The smallest absolute Gasteiger partial charge is 0.261 e. The first-order valence-corrected chi connectivity index (χ1v) is 11.2. The Balaban J connectivity index is 1.85. The Kier molecular flexibility index (Phi) is 6.27. The Morgan fingerprint density at radius 2 is 1.50 bits per heavy atom. The second-order valence-corrected chi connectivity index (χ2v) is 9.20. The van der Waals surface area contributed by atoms with Crippen LogP contribution in [-0.4, -0.2) is 14.3 Å². The molecule has 3 aromatic rings. The summed E-state index contributed by atoms with van der Waals surface area (Å²) < 4.78 is 28.1. The summed E-state index contributed by atoms with van der Waals surface area (Å²) in [5, 5.41) is 2.98. The number of rotatable bonds is 6. The van der Waals surface area contributed by atoms with E-state index in [0.717, 1.165) is 22.3 Å². The van der Waals surface area contributed by atoms with E-state index in [1.807, 2.05) is 45.9 Å². The van der Waals surface area contributed by atoms with Crippen molar-refractivity contribution in [1.82, 2.24) is 5.32 Å². The Morgan fingerprint density at radius 3 is 2.20 bits per heavy atom. The fourth-order valence-electron chi connectivity index (χ4n) is 3.27. The summed E-state index contributed by atoms with van der Waals surface area (Å²) in [6, 6.07) is 19.0. The maximum absolute atomic E-state index is 13.0. The molecule has 3 aromatic carbocycles. The van der Waals surface area contributed by atoms with E-state index in [4.69, 9.17) is 0 Å². The number of carbonyl (C=O) groups excluding carboxylic acids is 1. The van der Waals surface area contributed by atoms with Gasteiger partial charge in [0.15, 0.2) is 0 Å². The predicted octanol–water partition coefficient (Wildman–Crippen LogP) is 4.90. The quantitative estimate of drug-likeness (QED) is 0.593. The molecule has 0 bridgehead atoms. The van der Waals surface area contributed by atoms with E-state index in [0.29, 0.717) is 0 Å². The zero-order valence-corrected chi connectivity index (χ0v) is 18.4. The Bertz CT molecular complexity index is 1170. The zero-order chi connectivity index (χ0) is 21.9. The van der Waals surface area contributed by atoms with Crippen LogP contribution in [0.4, 0.5) is 5.69 Å². The van der Waals surface area contributed by atoms with Gasteiger partial charge in [0.2, 0.25) is 0 Å².